The molecule has 17 heavy (non-hydrogen) atoms. The fourth-order valence-electron chi connectivity index (χ4n) is 3.94. The van der Waals surface area contributed by atoms with Gasteiger partial charge in [-0.05, 0) is 43.2 Å². The molecule has 0 amide bonds. The summed E-state index contributed by atoms with van der Waals surface area (Å²) in [4.78, 5) is 4.97. The number of methoxy groups -OCH3 is 1. The molecule has 94 valence electrons. The van der Waals surface area contributed by atoms with Crippen LogP contribution >= 0.6 is 0 Å². The fourth-order valence-corrected chi connectivity index (χ4v) is 3.94. The minimum absolute atomic E-state index is 0.183. The third-order valence-electron chi connectivity index (χ3n) is 4.60. The van der Waals surface area contributed by atoms with Gasteiger partial charge in [-0.3, -0.25) is 5.26 Å². The Kier molecular flexibility index (Phi) is 2.73. The third-order valence-corrected chi connectivity index (χ3v) is 4.60. The Balaban J connectivity index is 2.01. The lowest BCUT2D eigenvalue weighted by atomic mass is 9.74. The smallest absolute Gasteiger partial charge is 0.168 e. The highest BCUT2D eigenvalue weighted by molar-refractivity contribution is 5.20. The summed E-state index contributed by atoms with van der Waals surface area (Å²) in [5.74, 6) is 1.82. The molecule has 1 aromatic heterocycles. The van der Waals surface area contributed by atoms with E-state index in [-0.39, 0.29) is 5.92 Å². The summed E-state index contributed by atoms with van der Waals surface area (Å²) in [6.07, 6.45) is 5.01. The molecule has 1 N–H and O–H groups in total. The molecule has 4 atom stereocenters. The molecule has 1 heterocycles. The summed E-state index contributed by atoms with van der Waals surface area (Å²) >= 11 is 0. The van der Waals surface area contributed by atoms with Crippen LogP contribution in [0.5, 0.6) is 0 Å². The van der Waals surface area contributed by atoms with E-state index >= 15 is 0 Å². The van der Waals surface area contributed by atoms with E-state index in [1.165, 1.54) is 6.42 Å². The lowest BCUT2D eigenvalue weighted by Gasteiger charge is -2.39. The quantitative estimate of drug-likeness (QED) is 0.647. The molecule has 2 aliphatic rings. The molecular weight excluding hydrogens is 220 g/mol. The van der Waals surface area contributed by atoms with E-state index in [0.717, 1.165) is 18.6 Å². The number of ether oxygens (including phenoxy) is 1. The SMILES string of the molecule is COCC1C2CCC(C2)C1(OO)c1ccco1. The molecular formula is C13H18O4. The van der Waals surface area contributed by atoms with E-state index < -0.39 is 5.60 Å². The van der Waals surface area contributed by atoms with Crippen LogP contribution in [0.15, 0.2) is 22.8 Å². The van der Waals surface area contributed by atoms with Crippen molar-refractivity contribution in [2.24, 2.45) is 17.8 Å². The van der Waals surface area contributed by atoms with Gasteiger partial charge >= 0.3 is 0 Å². The minimum atomic E-state index is -0.692. The zero-order valence-electron chi connectivity index (χ0n) is 9.96. The van der Waals surface area contributed by atoms with Gasteiger partial charge in [0.2, 0.25) is 0 Å². The Labute approximate surface area is 100 Å². The van der Waals surface area contributed by atoms with Crippen molar-refractivity contribution in [2.45, 2.75) is 24.9 Å². The van der Waals surface area contributed by atoms with Crippen molar-refractivity contribution in [3.63, 3.8) is 0 Å². The number of rotatable bonds is 4. The van der Waals surface area contributed by atoms with E-state index in [0.29, 0.717) is 18.4 Å². The van der Waals surface area contributed by atoms with Crippen LogP contribution in [-0.4, -0.2) is 19.0 Å². The first-order valence-corrected chi connectivity index (χ1v) is 6.18. The predicted octanol–water partition coefficient (Wildman–Crippen LogP) is 2.66. The van der Waals surface area contributed by atoms with Gasteiger partial charge in [-0.25, -0.2) is 4.89 Å². The fraction of sp³-hybridized carbons (Fsp3) is 0.692. The highest BCUT2D eigenvalue weighted by Gasteiger charge is 2.62. The van der Waals surface area contributed by atoms with Gasteiger partial charge in [-0.2, -0.15) is 0 Å². The van der Waals surface area contributed by atoms with Gasteiger partial charge in [0.05, 0.1) is 12.9 Å². The normalized spacial score (nSPS) is 40.0. The Morgan fingerprint density at radius 3 is 3.06 bits per heavy atom. The topological polar surface area (TPSA) is 51.8 Å². The zero-order valence-corrected chi connectivity index (χ0v) is 9.96. The van der Waals surface area contributed by atoms with E-state index in [9.17, 15) is 5.26 Å². The van der Waals surface area contributed by atoms with Gasteiger partial charge in [-0.1, -0.05) is 0 Å². The molecule has 0 saturated heterocycles. The number of hydrogen-bond donors (Lipinski definition) is 1. The van der Waals surface area contributed by atoms with Crippen molar-refractivity contribution in [1.29, 1.82) is 0 Å². The van der Waals surface area contributed by atoms with Gasteiger partial charge in [0.1, 0.15) is 5.76 Å². The molecule has 4 nitrogen and oxygen atoms in total. The second-order valence-corrected chi connectivity index (χ2v) is 5.19. The number of hydrogen-bond acceptors (Lipinski definition) is 4. The van der Waals surface area contributed by atoms with Gasteiger partial charge in [0, 0.05) is 13.0 Å². The maximum Gasteiger partial charge on any atom is 0.168 e. The summed E-state index contributed by atoms with van der Waals surface area (Å²) in [6.45, 7) is 0.600. The zero-order chi connectivity index (χ0) is 11.9. The minimum Gasteiger partial charge on any atom is -0.466 e. The van der Waals surface area contributed by atoms with Gasteiger partial charge < -0.3 is 9.15 Å². The van der Waals surface area contributed by atoms with E-state index in [2.05, 4.69) is 0 Å². The molecule has 1 aromatic rings. The Morgan fingerprint density at radius 1 is 1.53 bits per heavy atom. The van der Waals surface area contributed by atoms with Crippen LogP contribution in [0.25, 0.3) is 0 Å². The van der Waals surface area contributed by atoms with Crippen LogP contribution in [0.4, 0.5) is 0 Å². The van der Waals surface area contributed by atoms with Crippen molar-refractivity contribution in [3.8, 4) is 0 Å². The second kappa shape index (κ2) is 4.12. The summed E-state index contributed by atoms with van der Waals surface area (Å²) in [6, 6.07) is 3.73. The lowest BCUT2D eigenvalue weighted by Crippen LogP contribution is -2.44. The monoisotopic (exact) mass is 238 g/mol. The molecule has 4 unspecified atom stereocenters. The summed E-state index contributed by atoms with van der Waals surface area (Å²) in [5.41, 5.74) is -0.692. The van der Waals surface area contributed by atoms with Crippen LogP contribution in [0.1, 0.15) is 25.0 Å². The molecule has 0 spiro atoms. The summed E-state index contributed by atoms with van der Waals surface area (Å²) < 4.78 is 10.8. The van der Waals surface area contributed by atoms with Crippen LogP contribution in [-0.2, 0) is 15.2 Å². The molecule has 0 aliphatic heterocycles. The Bertz CT molecular complexity index is 375. The molecule has 0 radical (unpaired) electrons. The first-order chi connectivity index (χ1) is 8.32. The van der Waals surface area contributed by atoms with Crippen LogP contribution < -0.4 is 0 Å². The average molecular weight is 238 g/mol. The number of furan rings is 1. The average Bonchev–Trinajstić information content (AvgIpc) is 3.05. The largest absolute Gasteiger partial charge is 0.466 e. The summed E-state index contributed by atoms with van der Waals surface area (Å²) in [5, 5.41) is 9.49. The first-order valence-electron chi connectivity index (χ1n) is 6.18. The summed E-state index contributed by atoms with van der Waals surface area (Å²) in [7, 11) is 1.69. The highest BCUT2D eigenvalue weighted by Crippen LogP contribution is 2.60. The van der Waals surface area contributed by atoms with Crippen LogP contribution in [0, 0.1) is 17.8 Å². The molecule has 0 aromatic carbocycles. The van der Waals surface area contributed by atoms with Crippen molar-refractivity contribution in [2.75, 3.05) is 13.7 Å². The van der Waals surface area contributed by atoms with Gasteiger partial charge in [0.25, 0.3) is 0 Å². The maximum absolute atomic E-state index is 9.49. The molecule has 2 fully saturated rings. The van der Waals surface area contributed by atoms with Crippen molar-refractivity contribution >= 4 is 0 Å². The van der Waals surface area contributed by atoms with E-state index in [1.807, 2.05) is 12.1 Å². The maximum atomic E-state index is 9.49. The van der Waals surface area contributed by atoms with Crippen molar-refractivity contribution in [1.82, 2.24) is 0 Å². The molecule has 4 heteroatoms. The third kappa shape index (κ3) is 1.41. The highest BCUT2D eigenvalue weighted by atomic mass is 17.1. The van der Waals surface area contributed by atoms with Crippen molar-refractivity contribution in [3.05, 3.63) is 24.2 Å². The van der Waals surface area contributed by atoms with Crippen LogP contribution in [0.3, 0.4) is 0 Å². The standard InChI is InChI=1S/C13H18O4/c1-15-8-11-9-4-5-10(7-9)13(11,17-14)12-3-2-6-16-12/h2-3,6,9-11,14H,4-5,7-8H2,1H3. The van der Waals surface area contributed by atoms with Gasteiger partial charge in [-0.15, -0.1) is 0 Å². The Morgan fingerprint density at radius 2 is 2.41 bits per heavy atom. The predicted molar refractivity (Wildman–Crippen MR) is 60.3 cm³/mol. The van der Waals surface area contributed by atoms with Crippen LogP contribution in [0.2, 0.25) is 0 Å². The second-order valence-electron chi connectivity index (χ2n) is 5.19. The van der Waals surface area contributed by atoms with E-state index in [1.54, 1.807) is 13.4 Å². The molecule has 2 aliphatic carbocycles. The molecule has 2 saturated carbocycles. The van der Waals surface area contributed by atoms with Gasteiger partial charge in [0.15, 0.2) is 5.60 Å². The Hall–Kier alpha value is -0.840. The van der Waals surface area contributed by atoms with Crippen molar-refractivity contribution < 1.29 is 19.3 Å². The van der Waals surface area contributed by atoms with E-state index in [4.69, 9.17) is 14.0 Å². The number of fused-ring (bicyclic) bond motifs is 2. The first kappa shape index (κ1) is 11.3. The molecule has 2 bridgehead atoms. The lowest BCUT2D eigenvalue weighted by molar-refractivity contribution is -0.363. The molecule has 3 rings (SSSR count).